The molecule has 4 rings (SSSR count). The molecule has 0 saturated heterocycles. The first-order valence-electron chi connectivity index (χ1n) is 11.0. The number of carbonyl (C=O) groups is 1. The Balaban J connectivity index is 1.74. The third-order valence-electron chi connectivity index (χ3n) is 5.53. The Hall–Kier alpha value is -2.23. The highest BCUT2D eigenvalue weighted by Gasteiger charge is 2.30. The van der Waals surface area contributed by atoms with E-state index in [-0.39, 0.29) is 48.0 Å². The van der Waals surface area contributed by atoms with E-state index in [1.807, 2.05) is 13.0 Å². The summed E-state index contributed by atoms with van der Waals surface area (Å²) in [6.07, 6.45) is 1.51. The van der Waals surface area contributed by atoms with Gasteiger partial charge in [-0.15, -0.1) is 0 Å². The monoisotopic (exact) mass is 630 g/mol. The first-order valence-corrected chi connectivity index (χ1v) is 14.4. The molecule has 1 atom stereocenters. The molecule has 0 radical (unpaired) electrons. The van der Waals surface area contributed by atoms with Crippen LogP contribution in [-0.2, 0) is 21.2 Å². The van der Waals surface area contributed by atoms with E-state index >= 15 is 0 Å². The molecular formula is C26H19Cl5N2O4S. The van der Waals surface area contributed by atoms with Gasteiger partial charge in [0.1, 0.15) is 16.9 Å². The molecule has 12 heteroatoms. The lowest BCUT2D eigenvalue weighted by Crippen LogP contribution is -2.44. The van der Waals surface area contributed by atoms with E-state index in [0.29, 0.717) is 5.56 Å². The Morgan fingerprint density at radius 2 is 1.58 bits per heavy atom. The molecule has 0 fully saturated rings. The number of aromatic nitrogens is 1. The standard InChI is InChI=1S/C26H19Cl5N2O4S/c1-15-7-9-17(10-8-15)38(35,36)32-20(13-16-5-3-2-4-6-16)26(34)37-21-14-19(28)22(29)23(30)24(21)33-12-11-18(27)25(33)31/h2-12,14,20,32H,13H2,1H3/t20-/m0/s1. The van der Waals surface area contributed by atoms with Crippen LogP contribution in [0.25, 0.3) is 5.69 Å². The number of nitrogens with one attached hydrogen (secondary N) is 1. The van der Waals surface area contributed by atoms with Gasteiger partial charge in [-0.3, -0.25) is 0 Å². The van der Waals surface area contributed by atoms with Crippen molar-refractivity contribution in [1.29, 1.82) is 0 Å². The van der Waals surface area contributed by atoms with Gasteiger partial charge in [-0.1, -0.05) is 106 Å². The van der Waals surface area contributed by atoms with Crippen LogP contribution in [0.4, 0.5) is 0 Å². The second-order valence-electron chi connectivity index (χ2n) is 8.26. The van der Waals surface area contributed by atoms with Crippen molar-refractivity contribution in [3.05, 3.63) is 109 Å². The van der Waals surface area contributed by atoms with Gasteiger partial charge >= 0.3 is 5.97 Å². The summed E-state index contributed by atoms with van der Waals surface area (Å²) >= 11 is 31.4. The number of sulfonamides is 1. The summed E-state index contributed by atoms with van der Waals surface area (Å²) < 4.78 is 35.9. The van der Waals surface area contributed by atoms with Crippen LogP contribution in [0.15, 0.2) is 77.8 Å². The minimum atomic E-state index is -4.09. The number of hydrogen-bond donors (Lipinski definition) is 1. The third kappa shape index (κ3) is 6.32. The lowest BCUT2D eigenvalue weighted by molar-refractivity contribution is -0.136. The Morgan fingerprint density at radius 1 is 0.921 bits per heavy atom. The highest BCUT2D eigenvalue weighted by atomic mass is 35.5. The predicted molar refractivity (Wildman–Crippen MR) is 152 cm³/mol. The van der Waals surface area contributed by atoms with Crippen LogP contribution in [0.5, 0.6) is 5.75 Å². The Bertz CT molecular complexity index is 1590. The summed E-state index contributed by atoms with van der Waals surface area (Å²) in [5.41, 5.74) is 1.69. The molecule has 0 aliphatic heterocycles. The van der Waals surface area contributed by atoms with E-state index in [1.54, 1.807) is 36.4 Å². The van der Waals surface area contributed by atoms with Crippen LogP contribution in [0.1, 0.15) is 11.1 Å². The highest BCUT2D eigenvalue weighted by Crippen LogP contribution is 2.43. The van der Waals surface area contributed by atoms with Crippen LogP contribution in [-0.4, -0.2) is 25.0 Å². The summed E-state index contributed by atoms with van der Waals surface area (Å²) in [6.45, 7) is 1.84. The van der Waals surface area contributed by atoms with Crippen molar-refractivity contribution in [3.63, 3.8) is 0 Å². The second kappa shape index (κ2) is 11.9. The Morgan fingerprint density at radius 3 is 2.18 bits per heavy atom. The van der Waals surface area contributed by atoms with E-state index in [9.17, 15) is 13.2 Å². The molecule has 1 N–H and O–H groups in total. The first-order chi connectivity index (χ1) is 18.0. The second-order valence-corrected chi connectivity index (χ2v) is 11.9. The summed E-state index contributed by atoms with van der Waals surface area (Å²) in [5, 5.41) is 0.280. The molecule has 38 heavy (non-hydrogen) atoms. The fraction of sp³-hybridized carbons (Fsp3) is 0.115. The van der Waals surface area contributed by atoms with E-state index in [1.165, 1.54) is 35.0 Å². The average Bonchev–Trinajstić information content (AvgIpc) is 3.20. The molecule has 3 aromatic carbocycles. The fourth-order valence-electron chi connectivity index (χ4n) is 3.60. The topological polar surface area (TPSA) is 77.4 Å². The molecule has 0 amide bonds. The molecule has 0 bridgehead atoms. The zero-order chi connectivity index (χ0) is 27.6. The van der Waals surface area contributed by atoms with Gasteiger partial charge in [-0.25, -0.2) is 13.2 Å². The molecule has 1 aromatic heterocycles. The maximum Gasteiger partial charge on any atom is 0.329 e. The van der Waals surface area contributed by atoms with Crippen LogP contribution in [0.3, 0.4) is 0 Å². The Kier molecular flexibility index (Phi) is 9.00. The van der Waals surface area contributed by atoms with Gasteiger partial charge in [0.15, 0.2) is 5.75 Å². The van der Waals surface area contributed by atoms with E-state index in [4.69, 9.17) is 62.7 Å². The summed E-state index contributed by atoms with van der Waals surface area (Å²) in [4.78, 5) is 13.5. The number of rotatable bonds is 8. The SMILES string of the molecule is Cc1ccc(S(=O)(=O)N[C@@H](Cc2ccccc2)C(=O)Oc2cc(Cl)c(Cl)c(Cl)c2-n2ccc(Cl)c2Cl)cc1. The summed E-state index contributed by atoms with van der Waals surface area (Å²) in [5.74, 6) is -1.01. The maximum atomic E-state index is 13.5. The lowest BCUT2D eigenvalue weighted by Gasteiger charge is -2.20. The molecule has 0 unspecified atom stereocenters. The third-order valence-corrected chi connectivity index (χ3v) is 9.05. The molecular weight excluding hydrogens is 614 g/mol. The van der Waals surface area contributed by atoms with E-state index < -0.39 is 22.0 Å². The van der Waals surface area contributed by atoms with Gasteiger partial charge in [0.25, 0.3) is 0 Å². The van der Waals surface area contributed by atoms with E-state index in [2.05, 4.69) is 4.72 Å². The molecule has 0 aliphatic rings. The number of halogens is 5. The van der Waals surface area contributed by atoms with Crippen molar-refractivity contribution in [3.8, 4) is 11.4 Å². The summed E-state index contributed by atoms with van der Waals surface area (Å²) in [6, 6.07) is 16.6. The Labute approximate surface area is 245 Å². The fourth-order valence-corrected chi connectivity index (χ4v) is 5.81. The first kappa shape index (κ1) is 28.8. The number of esters is 1. The van der Waals surface area contributed by atoms with E-state index in [0.717, 1.165) is 5.56 Å². The molecule has 198 valence electrons. The number of hydrogen-bond acceptors (Lipinski definition) is 4. The van der Waals surface area contributed by atoms with Crippen molar-refractivity contribution in [1.82, 2.24) is 9.29 Å². The minimum absolute atomic E-state index is 0.000923. The van der Waals surface area contributed by atoms with Crippen molar-refractivity contribution in [2.45, 2.75) is 24.3 Å². The molecule has 0 saturated carbocycles. The number of carbonyl (C=O) groups excluding carboxylic acids is 1. The molecule has 0 spiro atoms. The van der Waals surface area contributed by atoms with Crippen molar-refractivity contribution < 1.29 is 17.9 Å². The number of benzene rings is 3. The zero-order valence-electron chi connectivity index (χ0n) is 19.6. The normalized spacial score (nSPS) is 12.4. The van der Waals surface area contributed by atoms with Gasteiger partial charge in [0.2, 0.25) is 10.0 Å². The average molecular weight is 633 g/mol. The van der Waals surface area contributed by atoms with Crippen LogP contribution in [0.2, 0.25) is 25.2 Å². The van der Waals surface area contributed by atoms with Crippen LogP contribution < -0.4 is 9.46 Å². The van der Waals surface area contributed by atoms with Gasteiger partial charge < -0.3 is 9.30 Å². The van der Waals surface area contributed by atoms with Crippen LogP contribution in [0, 0.1) is 6.92 Å². The molecule has 1 heterocycles. The predicted octanol–water partition coefficient (Wildman–Crippen LogP) is 7.55. The zero-order valence-corrected chi connectivity index (χ0v) is 24.2. The van der Waals surface area contributed by atoms with Gasteiger partial charge in [0, 0.05) is 12.3 Å². The van der Waals surface area contributed by atoms with Gasteiger partial charge in [-0.2, -0.15) is 4.72 Å². The van der Waals surface area contributed by atoms with Gasteiger partial charge in [-0.05, 0) is 37.1 Å². The smallest absolute Gasteiger partial charge is 0.329 e. The molecule has 4 aromatic rings. The number of nitrogens with zero attached hydrogens (tertiary/aromatic N) is 1. The quantitative estimate of drug-likeness (QED) is 0.124. The highest BCUT2D eigenvalue weighted by molar-refractivity contribution is 7.89. The van der Waals surface area contributed by atoms with Crippen molar-refractivity contribution >= 4 is 74.0 Å². The van der Waals surface area contributed by atoms with Crippen LogP contribution >= 0.6 is 58.0 Å². The van der Waals surface area contributed by atoms with Crippen molar-refractivity contribution in [2.24, 2.45) is 0 Å². The largest absolute Gasteiger partial charge is 0.423 e. The minimum Gasteiger partial charge on any atom is -0.423 e. The number of aryl methyl sites for hydroxylation is 1. The molecule has 0 aliphatic carbocycles. The van der Waals surface area contributed by atoms with Crippen molar-refractivity contribution in [2.75, 3.05) is 0 Å². The number of ether oxygens (including phenoxy) is 1. The molecule has 6 nitrogen and oxygen atoms in total. The van der Waals surface area contributed by atoms with Gasteiger partial charge in [0.05, 0.1) is 25.0 Å². The lowest BCUT2D eigenvalue weighted by atomic mass is 10.1. The maximum absolute atomic E-state index is 13.5. The summed E-state index contributed by atoms with van der Waals surface area (Å²) in [7, 11) is -4.09.